The van der Waals surface area contributed by atoms with E-state index in [2.05, 4.69) is 0 Å². The van der Waals surface area contributed by atoms with Gasteiger partial charge in [-0.15, -0.1) is 0 Å². The molecule has 0 aliphatic rings. The van der Waals surface area contributed by atoms with Gasteiger partial charge in [-0.05, 0) is 27.7 Å². The van der Waals surface area contributed by atoms with Crippen LogP contribution in [0.2, 0.25) is 0 Å². The van der Waals surface area contributed by atoms with E-state index in [-0.39, 0.29) is 39.6 Å². The Morgan fingerprint density at radius 3 is 0.500 bits per heavy atom. The third-order valence-corrected chi connectivity index (χ3v) is 1.16. The Labute approximate surface area is 143 Å². The van der Waals surface area contributed by atoms with Crippen molar-refractivity contribution >= 4 is 0 Å². The van der Waals surface area contributed by atoms with E-state index in [1.165, 1.54) is 27.7 Å². The predicted octanol–water partition coefficient (Wildman–Crippen LogP) is -3.59. The Bertz CT molecular complexity index is 132. The molecule has 24 heavy (non-hydrogen) atoms. The van der Waals surface area contributed by atoms with Crippen molar-refractivity contribution in [2.24, 2.45) is 0 Å². The lowest BCUT2D eigenvalue weighted by Gasteiger charge is -1.90. The van der Waals surface area contributed by atoms with Gasteiger partial charge in [0.05, 0.1) is 64.1 Å². The van der Waals surface area contributed by atoms with E-state index in [0.29, 0.717) is 0 Å². The molecule has 0 spiro atoms. The molecule has 10 nitrogen and oxygen atoms in total. The molecular formula is C14H38O10. The minimum atomic E-state index is -0.560. The van der Waals surface area contributed by atoms with Crippen molar-refractivity contribution < 1.29 is 51.1 Å². The van der Waals surface area contributed by atoms with E-state index in [4.69, 9.17) is 51.1 Å². The molecule has 10 heteroatoms. The van der Waals surface area contributed by atoms with Gasteiger partial charge >= 0.3 is 0 Å². The van der Waals surface area contributed by atoms with Gasteiger partial charge in [0.25, 0.3) is 0 Å². The molecule has 4 atom stereocenters. The lowest BCUT2D eigenvalue weighted by Crippen LogP contribution is -2.03. The molecule has 0 heterocycles. The first-order valence-corrected chi connectivity index (χ1v) is 7.37. The van der Waals surface area contributed by atoms with Crippen molar-refractivity contribution in [1.82, 2.24) is 0 Å². The summed E-state index contributed by atoms with van der Waals surface area (Å²) < 4.78 is 0. The van der Waals surface area contributed by atoms with Crippen LogP contribution in [0.4, 0.5) is 0 Å². The summed E-state index contributed by atoms with van der Waals surface area (Å²) in [7, 11) is 0. The number of rotatable bonds is 5. The van der Waals surface area contributed by atoms with E-state index in [1.807, 2.05) is 0 Å². The van der Waals surface area contributed by atoms with Crippen LogP contribution < -0.4 is 0 Å². The van der Waals surface area contributed by atoms with E-state index in [0.717, 1.165) is 0 Å². The van der Waals surface area contributed by atoms with Crippen molar-refractivity contribution in [3.05, 3.63) is 0 Å². The zero-order valence-corrected chi connectivity index (χ0v) is 15.0. The molecule has 4 unspecified atom stereocenters. The molecule has 0 aliphatic carbocycles. The summed E-state index contributed by atoms with van der Waals surface area (Å²) in [5.74, 6) is 0. The van der Waals surface area contributed by atoms with Crippen LogP contribution in [0.25, 0.3) is 0 Å². The van der Waals surface area contributed by atoms with E-state index >= 15 is 0 Å². The fraction of sp³-hybridized carbons (Fsp3) is 1.00. The molecule has 10 N–H and O–H groups in total. The Hall–Kier alpha value is -0.400. The van der Waals surface area contributed by atoms with Gasteiger partial charge in [0.1, 0.15) is 0 Å². The number of hydrogen-bond acceptors (Lipinski definition) is 10. The first kappa shape index (κ1) is 34.8. The highest BCUT2D eigenvalue weighted by molar-refractivity contribution is 4.35. The standard InChI is InChI=1S/4C3H8O2.C2H6O2/c4*1-3(5)2-4;3-1-2-4/h4*3-5H,2H2,1H3;3-4H,1-2H2. The van der Waals surface area contributed by atoms with E-state index in [1.54, 1.807) is 0 Å². The monoisotopic (exact) mass is 366 g/mol. The maximum atomic E-state index is 8.11. The Morgan fingerprint density at radius 2 is 0.500 bits per heavy atom. The fourth-order valence-electron chi connectivity index (χ4n) is 0. The van der Waals surface area contributed by atoms with Gasteiger partial charge in [0.15, 0.2) is 0 Å². The SMILES string of the molecule is CC(O)CO.CC(O)CO.CC(O)CO.CC(O)CO.OCCO. The summed E-state index contributed by atoms with van der Waals surface area (Å²) in [6.45, 7) is 5.31. The van der Waals surface area contributed by atoms with Crippen molar-refractivity contribution in [1.29, 1.82) is 0 Å². The maximum Gasteiger partial charge on any atom is 0.0742 e. The molecule has 0 aromatic heterocycles. The summed E-state index contributed by atoms with van der Waals surface area (Å²) in [5.41, 5.74) is 0. The average Bonchev–Trinajstić information content (AvgIpc) is 2.56. The Morgan fingerprint density at radius 1 is 0.417 bits per heavy atom. The van der Waals surface area contributed by atoms with Gasteiger partial charge in [0.2, 0.25) is 0 Å². The highest BCUT2D eigenvalue weighted by Gasteiger charge is 1.84. The highest BCUT2D eigenvalue weighted by Crippen LogP contribution is 1.70. The Balaban J connectivity index is -0.0000000628. The smallest absolute Gasteiger partial charge is 0.0742 e. The van der Waals surface area contributed by atoms with Crippen LogP contribution >= 0.6 is 0 Å². The van der Waals surface area contributed by atoms with Crippen molar-refractivity contribution in [2.75, 3.05) is 39.6 Å². The molecule has 154 valence electrons. The summed E-state index contributed by atoms with van der Waals surface area (Å²) in [4.78, 5) is 0. The van der Waals surface area contributed by atoms with Crippen LogP contribution in [0.15, 0.2) is 0 Å². The molecule has 0 saturated carbocycles. The zero-order chi connectivity index (χ0) is 20.6. The summed E-state index contributed by atoms with van der Waals surface area (Å²) in [5, 5.41) is 79.3. The second-order valence-corrected chi connectivity index (χ2v) is 4.57. The normalized spacial score (nSPS) is 13.8. The van der Waals surface area contributed by atoms with Gasteiger partial charge in [-0.3, -0.25) is 0 Å². The lowest BCUT2D eigenvalue weighted by atomic mass is 10.5. The Kier molecular flexibility index (Phi) is 49.4. The lowest BCUT2D eigenvalue weighted by molar-refractivity contribution is 0.110. The van der Waals surface area contributed by atoms with Crippen molar-refractivity contribution in [3.63, 3.8) is 0 Å². The topological polar surface area (TPSA) is 202 Å². The summed E-state index contributed by atoms with van der Waals surface area (Å²) in [6, 6.07) is 0. The molecule has 0 bridgehead atoms. The van der Waals surface area contributed by atoms with Crippen LogP contribution in [-0.4, -0.2) is 115 Å². The van der Waals surface area contributed by atoms with Crippen LogP contribution in [0.1, 0.15) is 27.7 Å². The molecule has 0 aromatic carbocycles. The molecule has 0 fully saturated rings. The number of hydrogen-bond donors (Lipinski definition) is 10. The van der Waals surface area contributed by atoms with Crippen molar-refractivity contribution in [3.8, 4) is 0 Å². The van der Waals surface area contributed by atoms with Gasteiger partial charge in [-0.1, -0.05) is 0 Å². The fourth-order valence-corrected chi connectivity index (χ4v) is 0. The van der Waals surface area contributed by atoms with Crippen LogP contribution in [0.5, 0.6) is 0 Å². The second kappa shape index (κ2) is 34.0. The molecular weight excluding hydrogens is 328 g/mol. The van der Waals surface area contributed by atoms with Gasteiger partial charge in [-0.25, -0.2) is 0 Å². The zero-order valence-electron chi connectivity index (χ0n) is 15.0. The third kappa shape index (κ3) is 124. The molecule has 0 rings (SSSR count). The molecule has 0 aliphatic heterocycles. The predicted molar refractivity (Wildman–Crippen MR) is 89.2 cm³/mol. The molecule has 0 amide bonds. The molecule has 0 saturated heterocycles. The minimum Gasteiger partial charge on any atom is -0.394 e. The average molecular weight is 366 g/mol. The van der Waals surface area contributed by atoms with Gasteiger partial charge in [-0.2, -0.15) is 0 Å². The van der Waals surface area contributed by atoms with Crippen LogP contribution in [-0.2, 0) is 0 Å². The minimum absolute atomic E-state index is 0.125. The van der Waals surface area contributed by atoms with E-state index in [9.17, 15) is 0 Å². The molecule has 0 radical (unpaired) electrons. The van der Waals surface area contributed by atoms with Crippen LogP contribution in [0, 0.1) is 0 Å². The summed E-state index contributed by atoms with van der Waals surface area (Å²) >= 11 is 0. The van der Waals surface area contributed by atoms with Crippen LogP contribution in [0.3, 0.4) is 0 Å². The number of aliphatic hydroxyl groups is 10. The highest BCUT2D eigenvalue weighted by atomic mass is 16.3. The first-order chi connectivity index (χ1) is 11.0. The van der Waals surface area contributed by atoms with Crippen molar-refractivity contribution in [2.45, 2.75) is 52.1 Å². The quantitative estimate of drug-likeness (QED) is 0.232. The van der Waals surface area contributed by atoms with E-state index < -0.39 is 24.4 Å². The maximum absolute atomic E-state index is 8.11. The largest absolute Gasteiger partial charge is 0.394 e. The number of aliphatic hydroxyl groups excluding tert-OH is 10. The van der Waals surface area contributed by atoms with Gasteiger partial charge < -0.3 is 51.1 Å². The second-order valence-electron chi connectivity index (χ2n) is 4.57. The van der Waals surface area contributed by atoms with Gasteiger partial charge in [0, 0.05) is 0 Å². The first-order valence-electron chi connectivity index (χ1n) is 7.37. The third-order valence-electron chi connectivity index (χ3n) is 1.16. The molecule has 0 aromatic rings. The summed E-state index contributed by atoms with van der Waals surface area (Å²) in [6.07, 6.45) is -2.24.